The van der Waals surface area contributed by atoms with Gasteiger partial charge in [0.25, 0.3) is 0 Å². The fourth-order valence-corrected chi connectivity index (χ4v) is 0. The molecule has 0 aliphatic heterocycles. The second kappa shape index (κ2) is 442. The van der Waals surface area contributed by atoms with Gasteiger partial charge in [-0.1, -0.05) is 0 Å². The molecule has 0 nitrogen and oxygen atoms in total. The quantitative estimate of drug-likeness (QED) is 0.260. The van der Waals surface area contributed by atoms with Gasteiger partial charge in [-0.2, -0.15) is 0 Å². The van der Waals surface area contributed by atoms with Crippen molar-refractivity contribution in [3.8, 4) is 0 Å². The normalized spacial score (nSPS) is 0. The molecule has 7 heteroatoms. The molecule has 0 atom stereocenters. The van der Waals surface area contributed by atoms with Crippen LogP contribution in [0.25, 0.3) is 0 Å². The number of hydrogen-bond acceptors (Lipinski definition) is 0. The third kappa shape index (κ3) is 301. The van der Waals surface area contributed by atoms with Crippen molar-refractivity contribution in [3.05, 3.63) is 0 Å². The van der Waals surface area contributed by atoms with Crippen molar-refractivity contribution in [2.24, 2.45) is 0 Å². The third-order valence-electron chi connectivity index (χ3n) is 0. The monoisotopic (exact) mass is 185 g/mol. The van der Waals surface area contributed by atoms with E-state index in [4.69, 9.17) is 0 Å². The van der Waals surface area contributed by atoms with E-state index < -0.39 is 0 Å². The van der Waals surface area contributed by atoms with E-state index in [0.29, 0.717) is 0 Å². The van der Waals surface area contributed by atoms with E-state index in [9.17, 15) is 0 Å². The maximum atomic E-state index is 0. The van der Waals surface area contributed by atoms with Gasteiger partial charge in [-0.15, -0.1) is 0 Å². The van der Waals surface area contributed by atoms with Crippen LogP contribution >= 0.6 is 0 Å². The molecule has 0 N–H and O–H groups in total. The third-order valence-corrected chi connectivity index (χ3v) is 0. The predicted octanol–water partition coefficient (Wildman–Crippen LogP) is -15.4. The average molecular weight is 186 g/mol. The molecule has 0 unspecified atom stereocenters. The van der Waals surface area contributed by atoms with Crippen LogP contribution < -0.4 is 23.5 Å². The van der Waals surface area contributed by atoms with Crippen LogP contribution in [0.15, 0.2) is 0 Å². The molecule has 0 saturated carbocycles. The van der Waals surface area contributed by atoms with E-state index in [2.05, 4.69) is 0 Å². The van der Waals surface area contributed by atoms with E-state index in [0.717, 1.165) is 0 Å². The zero-order chi connectivity index (χ0) is 0. The molecule has 0 aliphatic carbocycles. The molecule has 49 valence electrons. The fraction of sp³-hybridized carbons (Fsp3) is 0. The number of hydrogen-bond donors (Lipinski definition) is 0. The minimum Gasteiger partial charge on any atom is -1.00 e. The van der Waals surface area contributed by atoms with E-state index in [1.54, 1.807) is 0 Å². The topological polar surface area (TPSA) is 0 Å². The van der Waals surface area contributed by atoms with Gasteiger partial charge in [-0.3, -0.25) is 0 Å². The van der Waals surface area contributed by atoms with Crippen molar-refractivity contribution in [3.63, 3.8) is 0 Å². The Balaban J connectivity index is 0. The molecule has 0 saturated heterocycles. The van der Waals surface area contributed by atoms with Crippen LogP contribution in [0.3, 0.4) is 0 Å². The SMILES string of the molecule is [Al+3].[Cu+2].[F-].[F-].[F-].[F-].[F-]. The van der Waals surface area contributed by atoms with Crippen LogP contribution in [-0.4, -0.2) is 17.4 Å². The summed E-state index contributed by atoms with van der Waals surface area (Å²) in [5.41, 5.74) is 0. The second-order valence-corrected chi connectivity index (χ2v) is 0. The molecule has 0 bridgehead atoms. The Hall–Kier alpha value is 0.702. The molecule has 0 fully saturated rings. The van der Waals surface area contributed by atoms with Crippen molar-refractivity contribution >= 4 is 17.4 Å². The summed E-state index contributed by atoms with van der Waals surface area (Å²) in [4.78, 5) is 0. The van der Waals surface area contributed by atoms with Crippen LogP contribution in [0.4, 0.5) is 0 Å². The van der Waals surface area contributed by atoms with E-state index in [1.165, 1.54) is 0 Å². The van der Waals surface area contributed by atoms with Crippen LogP contribution in [0.1, 0.15) is 0 Å². The van der Waals surface area contributed by atoms with Gasteiger partial charge >= 0.3 is 34.4 Å². The molecule has 7 heavy (non-hydrogen) atoms. The fourth-order valence-electron chi connectivity index (χ4n) is 0. The van der Waals surface area contributed by atoms with Crippen molar-refractivity contribution < 1.29 is 40.6 Å². The minimum absolute atomic E-state index is 0. The second-order valence-electron chi connectivity index (χ2n) is 0. The Labute approximate surface area is 58.5 Å². The van der Waals surface area contributed by atoms with Gasteiger partial charge in [-0.25, -0.2) is 0 Å². The minimum atomic E-state index is 0. The summed E-state index contributed by atoms with van der Waals surface area (Å²) in [5, 5.41) is 0. The largest absolute Gasteiger partial charge is 3.00 e. The predicted molar refractivity (Wildman–Crippen MR) is 5.75 cm³/mol. The van der Waals surface area contributed by atoms with Crippen molar-refractivity contribution in [2.75, 3.05) is 0 Å². The number of halogens is 5. The van der Waals surface area contributed by atoms with Gasteiger partial charge in [-0.05, 0) is 0 Å². The Bertz CT molecular complexity index is 8.04. The van der Waals surface area contributed by atoms with Crippen LogP contribution in [0, 0.1) is 0 Å². The van der Waals surface area contributed by atoms with Gasteiger partial charge in [0, 0.05) is 0 Å². The maximum Gasteiger partial charge on any atom is 3.00 e. The van der Waals surface area contributed by atoms with Gasteiger partial charge < -0.3 is 23.5 Å². The van der Waals surface area contributed by atoms with Crippen LogP contribution in [0.2, 0.25) is 0 Å². The standard InChI is InChI=1S/Al.Cu.5FH/h;;5*1H/q+3;+2;;;;;/p-5. The summed E-state index contributed by atoms with van der Waals surface area (Å²) < 4.78 is 0. The van der Waals surface area contributed by atoms with Crippen molar-refractivity contribution in [2.45, 2.75) is 0 Å². The molecule has 0 heterocycles. The van der Waals surface area contributed by atoms with Crippen LogP contribution in [-0.2, 0) is 17.1 Å². The summed E-state index contributed by atoms with van der Waals surface area (Å²) >= 11 is 0. The van der Waals surface area contributed by atoms with Crippen molar-refractivity contribution in [1.29, 1.82) is 0 Å². The Morgan fingerprint density at radius 2 is 0.429 bits per heavy atom. The average Bonchev–Trinajstić information content (AvgIpc) is 0. The maximum absolute atomic E-state index is 0. The van der Waals surface area contributed by atoms with Gasteiger partial charge in [0.15, 0.2) is 0 Å². The first-order valence-corrected chi connectivity index (χ1v) is 0. The molecule has 1 radical (unpaired) electrons. The summed E-state index contributed by atoms with van der Waals surface area (Å²) in [6.45, 7) is 0. The van der Waals surface area contributed by atoms with E-state index >= 15 is 0 Å². The Kier molecular flexibility index (Phi) is 44400. The zero-order valence-electron chi connectivity index (χ0n) is 2.77. The first-order valence-electron chi connectivity index (χ1n) is 0. The van der Waals surface area contributed by atoms with E-state index in [1.807, 2.05) is 0 Å². The first kappa shape index (κ1) is 702. The zero-order valence-corrected chi connectivity index (χ0v) is 4.87. The molecule has 0 aromatic rings. The molecule has 0 aromatic heterocycles. The van der Waals surface area contributed by atoms with Crippen molar-refractivity contribution in [1.82, 2.24) is 0 Å². The molecule has 0 spiro atoms. The molecule has 0 amide bonds. The molecule has 0 aromatic carbocycles. The Morgan fingerprint density at radius 3 is 0.429 bits per heavy atom. The van der Waals surface area contributed by atoms with Gasteiger partial charge in [0.1, 0.15) is 0 Å². The Morgan fingerprint density at radius 1 is 0.429 bits per heavy atom. The summed E-state index contributed by atoms with van der Waals surface area (Å²) in [5.74, 6) is 0. The first-order chi connectivity index (χ1) is 0. The van der Waals surface area contributed by atoms with E-state index in [-0.39, 0.29) is 58.0 Å². The molecule has 0 rings (SSSR count). The summed E-state index contributed by atoms with van der Waals surface area (Å²) in [6, 6.07) is 0. The van der Waals surface area contributed by atoms with Crippen LogP contribution in [0.5, 0.6) is 0 Å². The summed E-state index contributed by atoms with van der Waals surface area (Å²) in [6.07, 6.45) is 0. The van der Waals surface area contributed by atoms with Gasteiger partial charge in [0.2, 0.25) is 0 Å². The molecular formula is AlCuF5. The smallest absolute Gasteiger partial charge is 1.00 e. The van der Waals surface area contributed by atoms with Gasteiger partial charge in [0.05, 0.1) is 0 Å². The molecule has 0 aliphatic rings. The molecular weight excluding hydrogens is 186 g/mol. The summed E-state index contributed by atoms with van der Waals surface area (Å²) in [7, 11) is 0. The number of rotatable bonds is 0.